The van der Waals surface area contributed by atoms with Crippen molar-refractivity contribution in [1.29, 1.82) is 0 Å². The lowest BCUT2D eigenvalue weighted by Gasteiger charge is -2.39. The summed E-state index contributed by atoms with van der Waals surface area (Å²) < 4.78 is 0.891. The number of halogens is 1. The quantitative estimate of drug-likeness (QED) is 0.155. The number of benzene rings is 2. The Hall–Kier alpha value is -3.71. The summed E-state index contributed by atoms with van der Waals surface area (Å²) in [6.45, 7) is 4.47. The van der Waals surface area contributed by atoms with Gasteiger partial charge in [-0.05, 0) is 41.6 Å². The first-order valence-corrected chi connectivity index (χ1v) is 15.3. The molecule has 3 aliphatic carbocycles. The van der Waals surface area contributed by atoms with Gasteiger partial charge in [0, 0.05) is 45.4 Å². The van der Waals surface area contributed by atoms with Crippen LogP contribution in [0.2, 0.25) is 0 Å². The number of aromatic nitrogens is 3. The van der Waals surface area contributed by atoms with Gasteiger partial charge in [0.2, 0.25) is 0 Å². The van der Waals surface area contributed by atoms with Crippen molar-refractivity contribution in [3.8, 4) is 22.8 Å². The lowest BCUT2D eigenvalue weighted by atomic mass is 9.65. The number of hydrogen-bond donors (Lipinski definition) is 0. The molecule has 3 aliphatic rings. The van der Waals surface area contributed by atoms with Crippen LogP contribution < -0.4 is 0 Å². The molecule has 6 rings (SSSR count). The summed E-state index contributed by atoms with van der Waals surface area (Å²) in [5.41, 5.74) is 8.35. The van der Waals surface area contributed by atoms with Crippen LogP contribution in [0, 0.1) is 17.8 Å². The van der Waals surface area contributed by atoms with Crippen LogP contribution in [-0.2, 0) is 0 Å². The highest BCUT2D eigenvalue weighted by Gasteiger charge is 2.38. The molecule has 1 heterocycles. The first kappa shape index (κ1) is 26.5. The van der Waals surface area contributed by atoms with Gasteiger partial charge in [-0.2, -0.15) is 0 Å². The van der Waals surface area contributed by atoms with Gasteiger partial charge < -0.3 is 0 Å². The standard InChI is InChI=1S/C35H31IN4/c1-23-17-18-29-30(21-23)32(28-16-10-9-15-27(28)31(29)24(2)22-37-20-19-36)35-39-33(25-11-5-3-6-12-25)38-34(40-35)26-13-7-4-8-14-26/h3-18,20,22-23,27-28H,19,21H2,1-2H3/b24-22+,37-20-. The van der Waals surface area contributed by atoms with Crippen LogP contribution >= 0.6 is 22.6 Å². The van der Waals surface area contributed by atoms with Gasteiger partial charge in [-0.3, -0.25) is 4.99 Å². The van der Waals surface area contributed by atoms with E-state index in [9.17, 15) is 0 Å². The molecule has 4 nitrogen and oxygen atoms in total. The molecule has 0 saturated heterocycles. The highest BCUT2D eigenvalue weighted by molar-refractivity contribution is 14.1. The van der Waals surface area contributed by atoms with Crippen LogP contribution in [0.3, 0.4) is 0 Å². The van der Waals surface area contributed by atoms with Gasteiger partial charge in [-0.15, -0.1) is 0 Å². The minimum atomic E-state index is 0.129. The second-order valence-corrected chi connectivity index (χ2v) is 11.3. The third kappa shape index (κ3) is 5.22. The molecule has 0 bridgehead atoms. The lowest BCUT2D eigenvalue weighted by Crippen LogP contribution is -2.27. The van der Waals surface area contributed by atoms with Gasteiger partial charge in [0.25, 0.3) is 0 Å². The third-order valence-electron chi connectivity index (χ3n) is 7.67. The van der Waals surface area contributed by atoms with Crippen LogP contribution in [0.15, 0.2) is 131 Å². The smallest absolute Gasteiger partial charge is 0.164 e. The first-order chi connectivity index (χ1) is 19.6. The molecular weight excluding hydrogens is 603 g/mol. The maximum atomic E-state index is 5.17. The summed E-state index contributed by atoms with van der Waals surface area (Å²) in [5.74, 6) is 2.90. The fourth-order valence-electron chi connectivity index (χ4n) is 5.87. The van der Waals surface area contributed by atoms with Crippen LogP contribution in [0.1, 0.15) is 26.1 Å². The number of aliphatic imine (C=N–C) groups is 1. The van der Waals surface area contributed by atoms with Crippen molar-refractivity contribution in [3.05, 3.63) is 131 Å². The van der Waals surface area contributed by atoms with E-state index in [1.165, 1.54) is 27.9 Å². The molecule has 2 aromatic carbocycles. The molecule has 40 heavy (non-hydrogen) atoms. The average molecular weight is 635 g/mol. The molecule has 1 aromatic heterocycles. The van der Waals surface area contributed by atoms with E-state index in [-0.39, 0.29) is 11.8 Å². The summed E-state index contributed by atoms with van der Waals surface area (Å²) >= 11 is 2.32. The molecule has 0 N–H and O–H groups in total. The van der Waals surface area contributed by atoms with Crippen molar-refractivity contribution in [3.63, 3.8) is 0 Å². The van der Waals surface area contributed by atoms with Crippen LogP contribution in [-0.4, -0.2) is 25.6 Å². The summed E-state index contributed by atoms with van der Waals surface area (Å²) in [4.78, 5) is 19.9. The van der Waals surface area contributed by atoms with Gasteiger partial charge in [0.1, 0.15) is 0 Å². The molecule has 0 saturated carbocycles. The van der Waals surface area contributed by atoms with E-state index in [0.717, 1.165) is 27.8 Å². The Balaban J connectivity index is 1.62. The Kier molecular flexibility index (Phi) is 7.82. The average Bonchev–Trinajstić information content (AvgIpc) is 3.00. The minimum absolute atomic E-state index is 0.129. The summed E-state index contributed by atoms with van der Waals surface area (Å²) in [6.07, 6.45) is 18.5. The molecule has 5 heteroatoms. The summed E-state index contributed by atoms with van der Waals surface area (Å²) in [7, 11) is 0. The number of allylic oxidation sites excluding steroid dienone is 11. The van der Waals surface area contributed by atoms with Crippen LogP contribution in [0.4, 0.5) is 0 Å². The van der Waals surface area contributed by atoms with Crippen molar-refractivity contribution in [2.45, 2.75) is 20.3 Å². The van der Waals surface area contributed by atoms with Gasteiger partial charge >= 0.3 is 0 Å². The monoisotopic (exact) mass is 634 g/mol. The number of alkyl halides is 1. The molecular formula is C35H31IN4. The van der Waals surface area contributed by atoms with Crippen molar-refractivity contribution in [2.75, 3.05) is 4.43 Å². The fourth-order valence-corrected chi connectivity index (χ4v) is 6.10. The van der Waals surface area contributed by atoms with Gasteiger partial charge in [-0.25, -0.2) is 15.0 Å². The molecule has 0 spiro atoms. The Bertz CT molecular complexity index is 1570. The second-order valence-electron chi connectivity index (χ2n) is 10.4. The van der Waals surface area contributed by atoms with E-state index >= 15 is 0 Å². The van der Waals surface area contributed by atoms with Gasteiger partial charge in [0.15, 0.2) is 17.5 Å². The van der Waals surface area contributed by atoms with E-state index in [0.29, 0.717) is 17.6 Å². The topological polar surface area (TPSA) is 51.0 Å². The number of fused-ring (bicyclic) bond motifs is 2. The maximum absolute atomic E-state index is 5.17. The summed E-state index contributed by atoms with van der Waals surface area (Å²) in [5, 5.41) is 0. The van der Waals surface area contributed by atoms with Crippen molar-refractivity contribution >= 4 is 34.4 Å². The highest BCUT2D eigenvalue weighted by Crippen LogP contribution is 2.51. The Morgan fingerprint density at radius 1 is 0.850 bits per heavy atom. The Labute approximate surface area is 250 Å². The normalized spacial score (nSPS) is 22.2. The van der Waals surface area contributed by atoms with Gasteiger partial charge in [-0.1, -0.05) is 127 Å². The number of hydrogen-bond acceptors (Lipinski definition) is 4. The van der Waals surface area contributed by atoms with Crippen molar-refractivity contribution in [2.24, 2.45) is 22.7 Å². The van der Waals surface area contributed by atoms with E-state index in [4.69, 9.17) is 15.0 Å². The van der Waals surface area contributed by atoms with Gasteiger partial charge in [0.05, 0.1) is 0 Å². The molecule has 0 fully saturated rings. The zero-order chi connectivity index (χ0) is 27.5. The zero-order valence-electron chi connectivity index (χ0n) is 22.7. The summed E-state index contributed by atoms with van der Waals surface area (Å²) in [6, 6.07) is 20.4. The zero-order valence-corrected chi connectivity index (χ0v) is 24.9. The van der Waals surface area contributed by atoms with E-state index in [1.807, 2.05) is 48.8 Å². The number of nitrogens with zero attached hydrogens (tertiary/aromatic N) is 4. The SMILES string of the molecule is C/C(=C\N=C/CI)C1=C2C=CC(C)CC2=C(c2nc(-c3ccccc3)nc(-c3ccccc3)n2)C2C=CC=CC12. The maximum Gasteiger partial charge on any atom is 0.164 e. The molecule has 3 unspecified atom stereocenters. The fraction of sp³-hybridized carbons (Fsp3) is 0.200. The minimum Gasteiger partial charge on any atom is -0.268 e. The molecule has 3 atom stereocenters. The molecule has 0 amide bonds. The molecule has 0 aliphatic heterocycles. The first-order valence-electron chi connectivity index (χ1n) is 13.8. The number of rotatable bonds is 6. The third-order valence-corrected chi connectivity index (χ3v) is 8.06. The second kappa shape index (κ2) is 11.8. The molecule has 0 radical (unpaired) electrons. The van der Waals surface area contributed by atoms with Crippen molar-refractivity contribution < 1.29 is 0 Å². The van der Waals surface area contributed by atoms with E-state index in [1.54, 1.807) is 0 Å². The van der Waals surface area contributed by atoms with E-state index in [2.05, 4.69) is 102 Å². The highest BCUT2D eigenvalue weighted by atomic mass is 127. The van der Waals surface area contributed by atoms with Crippen LogP contribution in [0.25, 0.3) is 28.3 Å². The largest absolute Gasteiger partial charge is 0.268 e. The molecule has 3 aromatic rings. The predicted molar refractivity (Wildman–Crippen MR) is 174 cm³/mol. The Morgan fingerprint density at radius 3 is 2.08 bits per heavy atom. The molecule has 198 valence electrons. The Morgan fingerprint density at radius 2 is 1.45 bits per heavy atom. The predicted octanol–water partition coefficient (Wildman–Crippen LogP) is 8.63. The van der Waals surface area contributed by atoms with E-state index < -0.39 is 0 Å². The van der Waals surface area contributed by atoms with Crippen LogP contribution in [0.5, 0.6) is 0 Å². The van der Waals surface area contributed by atoms with Crippen molar-refractivity contribution in [1.82, 2.24) is 15.0 Å². The lowest BCUT2D eigenvalue weighted by molar-refractivity contribution is 0.608.